The van der Waals surface area contributed by atoms with Crippen LogP contribution in [-0.2, 0) is 5.41 Å². The molecule has 0 aliphatic heterocycles. The third-order valence-corrected chi connectivity index (χ3v) is 6.64. The summed E-state index contributed by atoms with van der Waals surface area (Å²) < 4.78 is 9.05. The van der Waals surface area contributed by atoms with Crippen molar-refractivity contribution in [2.75, 3.05) is 6.61 Å². The molecule has 0 fully saturated rings. The number of unbranched alkanes of at least 4 members (excludes halogenated alkanes) is 1. The number of benzene rings is 2. The summed E-state index contributed by atoms with van der Waals surface area (Å²) in [4.78, 5) is 0. The van der Waals surface area contributed by atoms with E-state index >= 15 is 0 Å². The van der Waals surface area contributed by atoms with Gasteiger partial charge >= 0.3 is 0 Å². The maximum absolute atomic E-state index is 9.98. The zero-order valence-corrected chi connectivity index (χ0v) is 20.9. The minimum Gasteiger partial charge on any atom is -0.506 e. The summed E-state index contributed by atoms with van der Waals surface area (Å²) in [6.07, 6.45) is 3.77. The Labute approximate surface area is 188 Å². The molecule has 0 saturated heterocycles. The molecule has 0 spiro atoms. The van der Waals surface area contributed by atoms with Crippen molar-refractivity contribution < 1.29 is 9.84 Å². The zero-order chi connectivity index (χ0) is 19.5. The predicted molar refractivity (Wildman–Crippen MR) is 122 cm³/mol. The van der Waals surface area contributed by atoms with E-state index in [4.69, 9.17) is 4.74 Å². The van der Waals surface area contributed by atoms with Crippen molar-refractivity contribution in [3.8, 4) is 11.5 Å². The van der Waals surface area contributed by atoms with Crippen molar-refractivity contribution in [3.05, 3.63) is 65.9 Å². The fourth-order valence-corrected chi connectivity index (χ4v) is 5.16. The van der Waals surface area contributed by atoms with Crippen LogP contribution in [-0.4, -0.2) is 11.7 Å². The summed E-state index contributed by atoms with van der Waals surface area (Å²) in [5.74, 6) is 1.01. The molecule has 0 aliphatic rings. The van der Waals surface area contributed by atoms with Gasteiger partial charge < -0.3 is 9.84 Å². The molecule has 140 valence electrons. The van der Waals surface area contributed by atoms with E-state index in [9.17, 15) is 5.11 Å². The third kappa shape index (κ3) is 4.94. The second kappa shape index (κ2) is 9.26. The van der Waals surface area contributed by atoms with Gasteiger partial charge in [0.1, 0.15) is 11.5 Å². The topological polar surface area (TPSA) is 29.5 Å². The molecular weight excluding hydrogens is 592 g/mol. The highest BCUT2D eigenvalue weighted by Crippen LogP contribution is 2.43. The highest BCUT2D eigenvalue weighted by Gasteiger charge is 2.27. The fourth-order valence-electron chi connectivity index (χ4n) is 2.55. The van der Waals surface area contributed by atoms with Crippen LogP contribution in [0.4, 0.5) is 0 Å². The summed E-state index contributed by atoms with van der Waals surface area (Å²) in [5, 5.41) is 9.98. The van der Waals surface area contributed by atoms with Crippen molar-refractivity contribution in [1.29, 1.82) is 0 Å². The number of rotatable bonds is 7. The SMILES string of the molecule is C=CCCCOc1c(Br)cc(C(C)(C)c2cc(Br)c(O)c(Br)c2)cc1Br. The smallest absolute Gasteiger partial charge is 0.147 e. The Balaban J connectivity index is 2.37. The molecule has 2 nitrogen and oxygen atoms in total. The standard InChI is InChI=1S/C20H20Br4O2/c1-4-5-6-7-26-19-16(23)10-13(11-17(19)24)20(2,3)12-8-14(21)18(25)15(22)9-12/h4,8-11,25H,1,5-7H2,2-3H3. The molecule has 0 saturated carbocycles. The van der Waals surface area contributed by atoms with Gasteiger partial charge in [-0.05, 0) is 112 Å². The van der Waals surface area contributed by atoms with E-state index in [0.717, 1.165) is 38.7 Å². The van der Waals surface area contributed by atoms with Crippen LogP contribution in [0.15, 0.2) is 54.8 Å². The Bertz CT molecular complexity index is 769. The molecule has 2 aromatic carbocycles. The van der Waals surface area contributed by atoms with Gasteiger partial charge in [-0.2, -0.15) is 0 Å². The fraction of sp³-hybridized carbons (Fsp3) is 0.300. The average Bonchev–Trinajstić information content (AvgIpc) is 2.57. The molecular formula is C20H20Br4O2. The monoisotopic (exact) mass is 608 g/mol. The van der Waals surface area contributed by atoms with E-state index in [1.165, 1.54) is 0 Å². The first kappa shape index (κ1) is 22.0. The van der Waals surface area contributed by atoms with Crippen molar-refractivity contribution >= 4 is 63.7 Å². The number of phenolic OH excluding ortho intramolecular Hbond substituents is 1. The number of aromatic hydroxyl groups is 1. The van der Waals surface area contributed by atoms with Gasteiger partial charge in [-0.1, -0.05) is 19.9 Å². The van der Waals surface area contributed by atoms with Crippen molar-refractivity contribution in [1.82, 2.24) is 0 Å². The minimum absolute atomic E-state index is 0.204. The van der Waals surface area contributed by atoms with Crippen LogP contribution in [0.25, 0.3) is 0 Å². The molecule has 0 aromatic heterocycles. The first-order valence-corrected chi connectivity index (χ1v) is 11.3. The molecule has 0 atom stereocenters. The Morgan fingerprint density at radius 2 is 1.42 bits per heavy atom. The maximum atomic E-state index is 9.98. The third-order valence-electron chi connectivity index (χ3n) is 4.26. The quantitative estimate of drug-likeness (QED) is 0.253. The Kier molecular flexibility index (Phi) is 7.84. The molecule has 2 aromatic rings. The van der Waals surface area contributed by atoms with Crippen molar-refractivity contribution in [2.45, 2.75) is 32.1 Å². The highest BCUT2D eigenvalue weighted by atomic mass is 79.9. The van der Waals surface area contributed by atoms with E-state index in [0.29, 0.717) is 15.6 Å². The van der Waals surface area contributed by atoms with Gasteiger partial charge in [-0.15, -0.1) is 6.58 Å². The van der Waals surface area contributed by atoms with Crippen LogP contribution in [0.3, 0.4) is 0 Å². The van der Waals surface area contributed by atoms with E-state index in [2.05, 4.69) is 96.3 Å². The molecule has 6 heteroatoms. The van der Waals surface area contributed by atoms with Crippen LogP contribution in [0.2, 0.25) is 0 Å². The van der Waals surface area contributed by atoms with Gasteiger partial charge in [0.15, 0.2) is 0 Å². The summed E-state index contributed by atoms with van der Waals surface area (Å²) >= 11 is 14.1. The van der Waals surface area contributed by atoms with Crippen LogP contribution in [0.1, 0.15) is 37.8 Å². The molecule has 0 bridgehead atoms. The Morgan fingerprint density at radius 3 is 1.88 bits per heavy atom. The Morgan fingerprint density at radius 1 is 0.962 bits per heavy atom. The van der Waals surface area contributed by atoms with Gasteiger partial charge in [0, 0.05) is 5.41 Å². The average molecular weight is 612 g/mol. The molecule has 0 heterocycles. The zero-order valence-electron chi connectivity index (χ0n) is 14.6. The lowest BCUT2D eigenvalue weighted by atomic mass is 9.78. The largest absolute Gasteiger partial charge is 0.506 e. The summed E-state index contributed by atoms with van der Waals surface area (Å²) in [7, 11) is 0. The summed E-state index contributed by atoms with van der Waals surface area (Å²) in [5.41, 5.74) is 1.93. The number of hydrogen-bond donors (Lipinski definition) is 1. The molecule has 1 N–H and O–H groups in total. The number of hydrogen-bond acceptors (Lipinski definition) is 2. The van der Waals surface area contributed by atoms with E-state index < -0.39 is 0 Å². The molecule has 0 aliphatic carbocycles. The van der Waals surface area contributed by atoms with E-state index in [1.54, 1.807) is 0 Å². The lowest BCUT2D eigenvalue weighted by Crippen LogP contribution is -2.19. The number of allylic oxidation sites excluding steroid dienone is 1. The maximum Gasteiger partial charge on any atom is 0.147 e. The first-order valence-electron chi connectivity index (χ1n) is 8.10. The number of ether oxygens (including phenoxy) is 1. The van der Waals surface area contributed by atoms with E-state index in [1.807, 2.05) is 18.2 Å². The lowest BCUT2D eigenvalue weighted by molar-refractivity contribution is 0.308. The van der Waals surface area contributed by atoms with Crippen LogP contribution in [0, 0.1) is 0 Å². The van der Waals surface area contributed by atoms with Gasteiger partial charge in [-0.3, -0.25) is 0 Å². The highest BCUT2D eigenvalue weighted by molar-refractivity contribution is 9.11. The van der Waals surface area contributed by atoms with Gasteiger partial charge in [0.2, 0.25) is 0 Å². The lowest BCUT2D eigenvalue weighted by Gasteiger charge is -2.28. The number of halogens is 4. The summed E-state index contributed by atoms with van der Waals surface area (Å²) in [6.45, 7) is 8.67. The second-order valence-corrected chi connectivity index (χ2v) is 9.88. The normalized spacial score (nSPS) is 11.5. The summed E-state index contributed by atoms with van der Waals surface area (Å²) in [6, 6.07) is 8.06. The van der Waals surface area contributed by atoms with Gasteiger partial charge in [-0.25, -0.2) is 0 Å². The molecule has 2 rings (SSSR count). The van der Waals surface area contributed by atoms with Crippen LogP contribution in [0.5, 0.6) is 11.5 Å². The molecule has 0 amide bonds. The Hall–Kier alpha value is -0.300. The second-order valence-electron chi connectivity index (χ2n) is 6.46. The van der Waals surface area contributed by atoms with Gasteiger partial charge in [0.25, 0.3) is 0 Å². The van der Waals surface area contributed by atoms with E-state index in [-0.39, 0.29) is 11.2 Å². The van der Waals surface area contributed by atoms with Crippen molar-refractivity contribution in [3.63, 3.8) is 0 Å². The van der Waals surface area contributed by atoms with Gasteiger partial charge in [0.05, 0.1) is 24.5 Å². The van der Waals surface area contributed by atoms with Crippen molar-refractivity contribution in [2.24, 2.45) is 0 Å². The van der Waals surface area contributed by atoms with Crippen LogP contribution < -0.4 is 4.74 Å². The predicted octanol–water partition coefficient (Wildman–Crippen LogP) is 8.11. The van der Waals surface area contributed by atoms with Crippen LogP contribution >= 0.6 is 63.7 Å². The number of phenols is 1. The molecule has 26 heavy (non-hydrogen) atoms. The minimum atomic E-state index is -0.273. The first-order chi connectivity index (χ1) is 12.2. The molecule has 0 radical (unpaired) electrons. The molecule has 0 unspecified atom stereocenters.